The number of aliphatic carboxylic acids is 1. The molecule has 0 radical (unpaired) electrons. The zero-order valence-corrected chi connectivity index (χ0v) is 10.5. The van der Waals surface area contributed by atoms with Gasteiger partial charge in [-0.05, 0) is 25.7 Å². The maximum Gasteiger partial charge on any atom is 0.320 e. The van der Waals surface area contributed by atoms with Crippen molar-refractivity contribution < 1.29 is 14.7 Å². The van der Waals surface area contributed by atoms with Gasteiger partial charge in [0.15, 0.2) is 0 Å². The number of likely N-dealkylation sites (tertiary alicyclic amines) is 2. The minimum absolute atomic E-state index is 0.0133. The van der Waals surface area contributed by atoms with E-state index in [0.29, 0.717) is 25.4 Å². The zero-order chi connectivity index (χ0) is 12.6. The van der Waals surface area contributed by atoms with E-state index >= 15 is 0 Å². The van der Waals surface area contributed by atoms with Crippen LogP contribution in [0.4, 0.5) is 4.79 Å². The first-order valence-electron chi connectivity index (χ1n) is 6.19. The maximum atomic E-state index is 12.2. The number of hydrogen-bond acceptors (Lipinski definition) is 2. The fourth-order valence-corrected chi connectivity index (χ4v) is 2.61. The Kier molecular flexibility index (Phi) is 3.02. The van der Waals surface area contributed by atoms with Crippen LogP contribution in [-0.2, 0) is 4.79 Å². The Balaban J connectivity index is 1.97. The van der Waals surface area contributed by atoms with E-state index in [2.05, 4.69) is 6.92 Å². The van der Waals surface area contributed by atoms with Crippen LogP contribution in [0.5, 0.6) is 0 Å². The molecule has 2 aliphatic heterocycles. The highest BCUT2D eigenvalue weighted by molar-refractivity contribution is 5.79. The molecule has 5 heteroatoms. The first-order valence-corrected chi connectivity index (χ1v) is 6.19. The van der Waals surface area contributed by atoms with E-state index in [1.54, 1.807) is 11.8 Å². The molecular weight excluding hydrogens is 220 g/mol. The van der Waals surface area contributed by atoms with Crippen molar-refractivity contribution in [1.82, 2.24) is 9.80 Å². The number of nitrogens with zero attached hydrogens (tertiary/aromatic N) is 2. The van der Waals surface area contributed by atoms with Gasteiger partial charge in [0.05, 0.1) is 5.41 Å². The van der Waals surface area contributed by atoms with E-state index in [4.69, 9.17) is 5.11 Å². The largest absolute Gasteiger partial charge is 0.481 e. The molecule has 2 aliphatic rings. The summed E-state index contributed by atoms with van der Waals surface area (Å²) in [5.74, 6) is -0.241. The Hall–Kier alpha value is -1.26. The molecule has 2 rings (SSSR count). The third-order valence-corrected chi connectivity index (χ3v) is 3.95. The molecule has 17 heavy (non-hydrogen) atoms. The normalized spacial score (nSPS) is 33.2. The molecule has 2 amide bonds. The van der Waals surface area contributed by atoms with Crippen LogP contribution in [0, 0.1) is 11.3 Å². The molecule has 0 aliphatic carbocycles. The Morgan fingerprint density at radius 3 is 2.47 bits per heavy atom. The molecule has 2 fully saturated rings. The van der Waals surface area contributed by atoms with Gasteiger partial charge in [-0.1, -0.05) is 6.92 Å². The smallest absolute Gasteiger partial charge is 0.320 e. The third kappa shape index (κ3) is 2.23. The predicted molar refractivity (Wildman–Crippen MR) is 62.7 cm³/mol. The number of carbonyl (C=O) groups excluding carboxylic acids is 1. The molecule has 5 nitrogen and oxygen atoms in total. The molecular formula is C12H20N2O3. The van der Waals surface area contributed by atoms with E-state index in [1.165, 1.54) is 0 Å². The molecule has 1 N–H and O–H groups in total. The molecule has 2 unspecified atom stereocenters. The number of carboxylic acid groups (broad SMARTS) is 1. The first-order chi connectivity index (χ1) is 7.92. The Labute approximate surface area is 101 Å². The van der Waals surface area contributed by atoms with Gasteiger partial charge in [-0.25, -0.2) is 4.79 Å². The standard InChI is InChI=1S/C12H20N2O3/c1-9-3-5-13(7-9)11(17)14-6-4-12(2,8-14)10(15)16/h9H,3-8H2,1-2H3,(H,15,16). The molecule has 0 aromatic carbocycles. The van der Waals surface area contributed by atoms with Gasteiger partial charge < -0.3 is 14.9 Å². The topological polar surface area (TPSA) is 60.9 Å². The summed E-state index contributed by atoms with van der Waals surface area (Å²) in [6, 6.07) is 0.0133. The second kappa shape index (κ2) is 4.20. The third-order valence-electron chi connectivity index (χ3n) is 3.95. The van der Waals surface area contributed by atoms with E-state index in [-0.39, 0.29) is 6.03 Å². The van der Waals surface area contributed by atoms with Gasteiger partial charge in [0.2, 0.25) is 0 Å². The van der Waals surface area contributed by atoms with Crippen molar-refractivity contribution >= 4 is 12.0 Å². The van der Waals surface area contributed by atoms with Crippen LogP contribution in [0.1, 0.15) is 26.7 Å². The molecule has 2 atom stereocenters. The lowest BCUT2D eigenvalue weighted by atomic mass is 9.90. The van der Waals surface area contributed by atoms with Crippen LogP contribution in [-0.4, -0.2) is 53.1 Å². The Morgan fingerprint density at radius 1 is 1.29 bits per heavy atom. The van der Waals surface area contributed by atoms with Crippen molar-refractivity contribution in [2.75, 3.05) is 26.2 Å². The van der Waals surface area contributed by atoms with E-state index in [1.807, 2.05) is 4.90 Å². The van der Waals surface area contributed by atoms with Gasteiger partial charge in [-0.2, -0.15) is 0 Å². The minimum Gasteiger partial charge on any atom is -0.481 e. The van der Waals surface area contributed by atoms with Gasteiger partial charge >= 0.3 is 12.0 Å². The molecule has 0 spiro atoms. The van der Waals surface area contributed by atoms with Crippen molar-refractivity contribution in [1.29, 1.82) is 0 Å². The summed E-state index contributed by atoms with van der Waals surface area (Å²) in [6.45, 7) is 6.37. The van der Waals surface area contributed by atoms with E-state index in [9.17, 15) is 9.59 Å². The predicted octanol–water partition coefficient (Wildman–Crippen LogP) is 1.24. The van der Waals surface area contributed by atoms with Gasteiger partial charge in [-0.3, -0.25) is 4.79 Å². The number of carbonyl (C=O) groups is 2. The van der Waals surface area contributed by atoms with E-state index < -0.39 is 11.4 Å². The SMILES string of the molecule is CC1CCN(C(=O)N2CCC(C)(C(=O)O)C2)C1. The number of urea groups is 1. The average molecular weight is 240 g/mol. The Morgan fingerprint density at radius 2 is 2.00 bits per heavy atom. The van der Waals surface area contributed by atoms with Gasteiger partial charge in [0, 0.05) is 26.2 Å². The average Bonchev–Trinajstić information content (AvgIpc) is 2.85. The summed E-state index contributed by atoms with van der Waals surface area (Å²) in [5.41, 5.74) is -0.763. The Bertz CT molecular complexity index is 345. The van der Waals surface area contributed by atoms with Crippen molar-refractivity contribution in [3.63, 3.8) is 0 Å². The quantitative estimate of drug-likeness (QED) is 0.750. The summed E-state index contributed by atoms with van der Waals surface area (Å²) < 4.78 is 0. The lowest BCUT2D eigenvalue weighted by molar-refractivity contribution is -0.147. The summed E-state index contributed by atoms with van der Waals surface area (Å²) in [6.07, 6.45) is 1.60. The monoisotopic (exact) mass is 240 g/mol. The van der Waals surface area contributed by atoms with Crippen LogP contribution < -0.4 is 0 Å². The van der Waals surface area contributed by atoms with Crippen LogP contribution >= 0.6 is 0 Å². The number of amides is 2. The fourth-order valence-electron chi connectivity index (χ4n) is 2.61. The summed E-state index contributed by atoms with van der Waals surface area (Å²) >= 11 is 0. The van der Waals surface area contributed by atoms with E-state index in [0.717, 1.165) is 19.5 Å². The molecule has 0 aromatic heterocycles. The highest BCUT2D eigenvalue weighted by Crippen LogP contribution is 2.31. The van der Waals surface area contributed by atoms with Crippen LogP contribution in [0.3, 0.4) is 0 Å². The summed E-state index contributed by atoms with van der Waals surface area (Å²) in [7, 11) is 0. The second-order valence-corrected chi connectivity index (χ2v) is 5.66. The first kappa shape index (κ1) is 12.2. The summed E-state index contributed by atoms with van der Waals surface area (Å²) in [4.78, 5) is 26.8. The maximum absolute atomic E-state index is 12.2. The van der Waals surface area contributed by atoms with Crippen molar-refractivity contribution in [2.45, 2.75) is 26.7 Å². The van der Waals surface area contributed by atoms with Crippen LogP contribution in [0.15, 0.2) is 0 Å². The van der Waals surface area contributed by atoms with Crippen LogP contribution in [0.2, 0.25) is 0 Å². The number of rotatable bonds is 1. The van der Waals surface area contributed by atoms with Gasteiger partial charge in [-0.15, -0.1) is 0 Å². The number of hydrogen-bond donors (Lipinski definition) is 1. The molecule has 0 aromatic rings. The van der Waals surface area contributed by atoms with Gasteiger partial charge in [0.25, 0.3) is 0 Å². The zero-order valence-electron chi connectivity index (χ0n) is 10.5. The van der Waals surface area contributed by atoms with Crippen molar-refractivity contribution in [3.8, 4) is 0 Å². The number of carboxylic acids is 1. The van der Waals surface area contributed by atoms with Gasteiger partial charge in [0.1, 0.15) is 0 Å². The molecule has 2 saturated heterocycles. The van der Waals surface area contributed by atoms with Crippen molar-refractivity contribution in [2.24, 2.45) is 11.3 Å². The second-order valence-electron chi connectivity index (χ2n) is 5.66. The lowest BCUT2D eigenvalue weighted by Crippen LogP contribution is -2.42. The molecule has 0 saturated carbocycles. The summed E-state index contributed by atoms with van der Waals surface area (Å²) in [5, 5.41) is 9.13. The van der Waals surface area contributed by atoms with Crippen LogP contribution in [0.25, 0.3) is 0 Å². The molecule has 0 bridgehead atoms. The lowest BCUT2D eigenvalue weighted by Gasteiger charge is -2.25. The fraction of sp³-hybridized carbons (Fsp3) is 0.833. The van der Waals surface area contributed by atoms with Crippen molar-refractivity contribution in [3.05, 3.63) is 0 Å². The highest BCUT2D eigenvalue weighted by Gasteiger charge is 2.43. The molecule has 2 heterocycles. The molecule has 96 valence electrons. The highest BCUT2D eigenvalue weighted by atomic mass is 16.4. The minimum atomic E-state index is -0.803.